The molecule has 0 heterocycles. The summed E-state index contributed by atoms with van der Waals surface area (Å²) in [6.45, 7) is 4.38. The molecule has 1 saturated carbocycles. The van der Waals surface area contributed by atoms with E-state index in [1.54, 1.807) is 24.3 Å². The van der Waals surface area contributed by atoms with Gasteiger partial charge < -0.3 is 4.74 Å². The van der Waals surface area contributed by atoms with E-state index in [-0.39, 0.29) is 17.3 Å². The second-order valence-electron chi connectivity index (χ2n) is 9.35. The van der Waals surface area contributed by atoms with E-state index in [2.05, 4.69) is 12.2 Å². The molecular weight excluding hydrogens is 445 g/mol. The van der Waals surface area contributed by atoms with Crippen LogP contribution in [0.2, 0.25) is 0 Å². The number of allylic oxidation sites excluding steroid dienone is 2. The molecule has 0 radical (unpaired) electrons. The van der Waals surface area contributed by atoms with Gasteiger partial charge in [-0.1, -0.05) is 54.6 Å². The average molecular weight is 479 g/mol. The molecule has 0 amide bonds. The summed E-state index contributed by atoms with van der Waals surface area (Å²) in [6, 6.07) is 15.8. The largest absolute Gasteiger partial charge is 0.494 e. The first kappa shape index (κ1) is 25.1. The highest BCUT2D eigenvalue weighted by Crippen LogP contribution is 2.39. The average Bonchev–Trinajstić information content (AvgIpc) is 2.87. The predicted molar refractivity (Wildman–Crippen MR) is 136 cm³/mol. The van der Waals surface area contributed by atoms with Crippen molar-refractivity contribution in [3.05, 3.63) is 101 Å². The predicted octanol–water partition coefficient (Wildman–Crippen LogP) is 8.80. The van der Waals surface area contributed by atoms with Gasteiger partial charge in [-0.15, -0.1) is 0 Å². The SMILES string of the molecule is CC=CC1CCC(c2ccc(-c3ccc(CCc4ccc(OCC)cc4F)cc3)c(F)c2F)CC1. The number of hydrogen-bond acceptors (Lipinski definition) is 1. The molecule has 184 valence electrons. The van der Waals surface area contributed by atoms with Crippen LogP contribution < -0.4 is 4.74 Å². The molecule has 0 N–H and O–H groups in total. The molecular formula is C31H33F3O. The van der Waals surface area contributed by atoms with Crippen LogP contribution in [0.15, 0.2) is 66.7 Å². The molecule has 0 spiro atoms. The first-order valence-electron chi connectivity index (χ1n) is 12.6. The van der Waals surface area contributed by atoms with E-state index in [0.29, 0.717) is 47.8 Å². The molecule has 0 bridgehead atoms. The lowest BCUT2D eigenvalue weighted by Gasteiger charge is -2.27. The number of ether oxygens (including phenoxy) is 1. The van der Waals surface area contributed by atoms with Crippen LogP contribution in [0.1, 0.15) is 62.1 Å². The normalized spacial score (nSPS) is 18.2. The van der Waals surface area contributed by atoms with Gasteiger partial charge in [-0.2, -0.15) is 0 Å². The molecule has 1 aliphatic rings. The zero-order chi connectivity index (χ0) is 24.8. The van der Waals surface area contributed by atoms with Crippen molar-refractivity contribution in [1.82, 2.24) is 0 Å². The molecule has 4 rings (SSSR count). The lowest BCUT2D eigenvalue weighted by atomic mass is 9.78. The Balaban J connectivity index is 1.42. The second kappa shape index (κ2) is 11.6. The molecule has 3 aromatic carbocycles. The Morgan fingerprint density at radius 2 is 1.60 bits per heavy atom. The number of hydrogen-bond donors (Lipinski definition) is 0. The first-order chi connectivity index (χ1) is 17.0. The van der Waals surface area contributed by atoms with Gasteiger partial charge in [-0.3, -0.25) is 0 Å². The smallest absolute Gasteiger partial charge is 0.166 e. The zero-order valence-electron chi connectivity index (χ0n) is 20.5. The molecule has 0 saturated heterocycles. The monoisotopic (exact) mass is 478 g/mol. The highest BCUT2D eigenvalue weighted by molar-refractivity contribution is 5.65. The lowest BCUT2D eigenvalue weighted by Crippen LogP contribution is -2.13. The number of aryl methyl sites for hydroxylation is 2. The zero-order valence-corrected chi connectivity index (χ0v) is 20.5. The highest BCUT2D eigenvalue weighted by atomic mass is 19.2. The van der Waals surface area contributed by atoms with E-state index in [1.807, 2.05) is 38.1 Å². The van der Waals surface area contributed by atoms with Crippen LogP contribution in [0.5, 0.6) is 5.75 Å². The van der Waals surface area contributed by atoms with E-state index >= 15 is 8.78 Å². The van der Waals surface area contributed by atoms with E-state index < -0.39 is 11.6 Å². The summed E-state index contributed by atoms with van der Waals surface area (Å²) < 4.78 is 49.7. The van der Waals surface area contributed by atoms with Crippen molar-refractivity contribution in [2.75, 3.05) is 6.61 Å². The van der Waals surface area contributed by atoms with Gasteiger partial charge in [0.25, 0.3) is 0 Å². The number of halogens is 3. The molecule has 0 unspecified atom stereocenters. The Kier molecular flexibility index (Phi) is 8.33. The van der Waals surface area contributed by atoms with Crippen LogP contribution in [-0.2, 0) is 12.8 Å². The first-order valence-corrected chi connectivity index (χ1v) is 12.6. The van der Waals surface area contributed by atoms with E-state index in [1.165, 1.54) is 6.07 Å². The van der Waals surface area contributed by atoms with Gasteiger partial charge in [0, 0.05) is 11.6 Å². The fraction of sp³-hybridized carbons (Fsp3) is 0.355. The fourth-order valence-corrected chi connectivity index (χ4v) is 5.11. The minimum absolute atomic E-state index is 0.0745. The summed E-state index contributed by atoms with van der Waals surface area (Å²) in [5, 5.41) is 0. The van der Waals surface area contributed by atoms with Crippen LogP contribution in [0.25, 0.3) is 11.1 Å². The molecule has 0 aliphatic heterocycles. The molecule has 35 heavy (non-hydrogen) atoms. The Labute approximate surface area is 206 Å². The Hall–Kier alpha value is -3.01. The third-order valence-corrected chi connectivity index (χ3v) is 7.07. The maximum absolute atomic E-state index is 15.1. The molecule has 0 aromatic heterocycles. The summed E-state index contributed by atoms with van der Waals surface area (Å²) in [6.07, 6.45) is 9.28. The van der Waals surface area contributed by atoms with Gasteiger partial charge in [-0.05, 0) is 92.5 Å². The van der Waals surface area contributed by atoms with Gasteiger partial charge in [0.05, 0.1) is 6.61 Å². The minimum atomic E-state index is -0.776. The van der Waals surface area contributed by atoms with Crippen molar-refractivity contribution >= 4 is 0 Å². The maximum atomic E-state index is 15.1. The van der Waals surface area contributed by atoms with Crippen molar-refractivity contribution in [2.24, 2.45) is 5.92 Å². The van der Waals surface area contributed by atoms with Gasteiger partial charge >= 0.3 is 0 Å². The van der Waals surface area contributed by atoms with Crippen LogP contribution in [-0.4, -0.2) is 6.61 Å². The van der Waals surface area contributed by atoms with Crippen molar-refractivity contribution in [3.63, 3.8) is 0 Å². The van der Waals surface area contributed by atoms with E-state index in [4.69, 9.17) is 4.74 Å². The molecule has 1 fully saturated rings. The van der Waals surface area contributed by atoms with E-state index in [9.17, 15) is 4.39 Å². The molecule has 4 heteroatoms. The van der Waals surface area contributed by atoms with Gasteiger partial charge in [-0.25, -0.2) is 13.2 Å². The summed E-state index contributed by atoms with van der Waals surface area (Å²) in [5.41, 5.74) is 3.05. The van der Waals surface area contributed by atoms with Gasteiger partial charge in [0.15, 0.2) is 11.6 Å². The van der Waals surface area contributed by atoms with Crippen LogP contribution >= 0.6 is 0 Å². The maximum Gasteiger partial charge on any atom is 0.166 e. The minimum Gasteiger partial charge on any atom is -0.494 e. The Bertz CT molecular complexity index is 1160. The van der Waals surface area contributed by atoms with Crippen molar-refractivity contribution in [2.45, 2.75) is 58.3 Å². The summed E-state index contributed by atoms with van der Waals surface area (Å²) in [4.78, 5) is 0. The van der Waals surface area contributed by atoms with Crippen molar-refractivity contribution in [3.8, 4) is 16.9 Å². The van der Waals surface area contributed by atoms with Gasteiger partial charge in [0.1, 0.15) is 11.6 Å². The molecule has 1 aliphatic carbocycles. The molecule has 0 atom stereocenters. The number of rotatable bonds is 8. The topological polar surface area (TPSA) is 9.23 Å². The summed E-state index contributed by atoms with van der Waals surface area (Å²) in [5.74, 6) is -0.618. The third kappa shape index (κ3) is 5.98. The van der Waals surface area contributed by atoms with Crippen molar-refractivity contribution in [1.29, 1.82) is 0 Å². The summed E-state index contributed by atoms with van der Waals surface area (Å²) >= 11 is 0. The Morgan fingerprint density at radius 1 is 0.857 bits per heavy atom. The third-order valence-electron chi connectivity index (χ3n) is 7.07. The molecule has 1 nitrogen and oxygen atoms in total. The fourth-order valence-electron chi connectivity index (χ4n) is 5.11. The lowest BCUT2D eigenvalue weighted by molar-refractivity contribution is 0.338. The van der Waals surface area contributed by atoms with Crippen molar-refractivity contribution < 1.29 is 17.9 Å². The summed E-state index contributed by atoms with van der Waals surface area (Å²) in [7, 11) is 0. The standard InChI is InChI=1S/C31H33F3O/c1-3-5-21-6-11-23(12-7-21)27-18-19-28(31(34)30(27)33)24-13-8-22(9-14-24)10-15-25-16-17-26(35-4-2)20-29(25)32/h3,5,8-9,13-14,16-21,23H,4,6-7,10-12,15H2,1-2H3. The highest BCUT2D eigenvalue weighted by Gasteiger charge is 2.25. The van der Waals surface area contributed by atoms with Crippen LogP contribution in [0.3, 0.4) is 0 Å². The van der Waals surface area contributed by atoms with Crippen LogP contribution in [0.4, 0.5) is 13.2 Å². The molecule has 3 aromatic rings. The number of benzene rings is 3. The van der Waals surface area contributed by atoms with Gasteiger partial charge in [0.2, 0.25) is 0 Å². The van der Waals surface area contributed by atoms with Crippen LogP contribution in [0, 0.1) is 23.4 Å². The quantitative estimate of drug-likeness (QED) is 0.294. The Morgan fingerprint density at radius 3 is 2.26 bits per heavy atom. The van der Waals surface area contributed by atoms with E-state index in [0.717, 1.165) is 31.2 Å². The second-order valence-corrected chi connectivity index (χ2v) is 9.35.